The second kappa shape index (κ2) is 9.32. The van der Waals surface area contributed by atoms with Crippen LogP contribution in [0.15, 0.2) is 76.9 Å². The highest BCUT2D eigenvalue weighted by atomic mass is 79.9. The molecule has 1 heterocycles. The summed E-state index contributed by atoms with van der Waals surface area (Å²) in [5, 5.41) is 2.53. The third-order valence-electron chi connectivity index (χ3n) is 4.82. The largest absolute Gasteiger partial charge is 0.488 e. The van der Waals surface area contributed by atoms with Crippen molar-refractivity contribution >= 4 is 33.9 Å². The Morgan fingerprint density at radius 3 is 2.47 bits per heavy atom. The van der Waals surface area contributed by atoms with Crippen molar-refractivity contribution in [3.05, 3.63) is 105 Å². The van der Waals surface area contributed by atoms with Gasteiger partial charge in [0.15, 0.2) is 0 Å². The van der Waals surface area contributed by atoms with E-state index in [9.17, 15) is 18.4 Å². The Morgan fingerprint density at radius 2 is 1.75 bits per heavy atom. The fourth-order valence-corrected chi connectivity index (χ4v) is 3.66. The van der Waals surface area contributed by atoms with Crippen LogP contribution in [0.3, 0.4) is 0 Å². The van der Waals surface area contributed by atoms with E-state index in [1.54, 1.807) is 42.5 Å². The lowest BCUT2D eigenvalue weighted by atomic mass is 10.1. The minimum atomic E-state index is -0.608. The fraction of sp³-hybridized carbons (Fsp3) is 0.0833. The Kier molecular flexibility index (Phi) is 6.32. The summed E-state index contributed by atoms with van der Waals surface area (Å²) in [6.07, 6.45) is 1.54. The van der Waals surface area contributed by atoms with E-state index in [4.69, 9.17) is 4.74 Å². The van der Waals surface area contributed by atoms with Crippen LogP contribution in [-0.2, 0) is 17.9 Å². The number of hydrogen-bond acceptors (Lipinski definition) is 3. The molecule has 8 heteroatoms. The standard InChI is InChI=1S/C24H17BrF2N2O3/c25-19-11-16(7-10-22(19)32-14-15-5-8-18(26)9-6-15)12-21-23(30)29(24(31)28-21)13-17-3-1-2-4-20(17)27/h1-12H,13-14H2,(H,28,31)/b21-12+. The zero-order valence-corrected chi connectivity index (χ0v) is 18.2. The van der Waals surface area contributed by atoms with Crippen LogP contribution >= 0.6 is 15.9 Å². The van der Waals surface area contributed by atoms with Crippen molar-refractivity contribution in [2.24, 2.45) is 0 Å². The summed E-state index contributed by atoms with van der Waals surface area (Å²) in [6, 6.07) is 16.6. The van der Waals surface area contributed by atoms with Gasteiger partial charge in [-0.1, -0.05) is 36.4 Å². The van der Waals surface area contributed by atoms with Crippen LogP contribution in [0.1, 0.15) is 16.7 Å². The third kappa shape index (κ3) is 4.86. The predicted octanol–water partition coefficient (Wildman–Crippen LogP) is 5.40. The average molecular weight is 499 g/mol. The van der Waals surface area contributed by atoms with Crippen LogP contribution in [0.5, 0.6) is 5.75 Å². The molecule has 162 valence electrons. The maximum absolute atomic E-state index is 13.9. The molecule has 1 aliphatic rings. The van der Waals surface area contributed by atoms with Gasteiger partial charge < -0.3 is 10.1 Å². The van der Waals surface area contributed by atoms with Crippen molar-refractivity contribution in [1.29, 1.82) is 0 Å². The molecule has 32 heavy (non-hydrogen) atoms. The number of nitrogens with zero attached hydrogens (tertiary/aromatic N) is 1. The summed E-state index contributed by atoms with van der Waals surface area (Å²) >= 11 is 3.43. The second-order valence-electron chi connectivity index (χ2n) is 7.08. The molecular formula is C24H17BrF2N2O3. The molecular weight excluding hydrogens is 482 g/mol. The third-order valence-corrected chi connectivity index (χ3v) is 5.44. The maximum Gasteiger partial charge on any atom is 0.329 e. The Morgan fingerprint density at radius 1 is 1.00 bits per heavy atom. The summed E-state index contributed by atoms with van der Waals surface area (Å²) in [6.45, 7) is 0.105. The number of ether oxygens (including phenoxy) is 1. The number of benzene rings is 3. The van der Waals surface area contributed by atoms with Crippen LogP contribution in [0.25, 0.3) is 6.08 Å². The van der Waals surface area contributed by atoms with E-state index in [0.717, 1.165) is 10.5 Å². The summed E-state index contributed by atoms with van der Waals surface area (Å²) < 4.78 is 33.3. The first-order chi connectivity index (χ1) is 15.4. The van der Waals surface area contributed by atoms with Gasteiger partial charge in [0.25, 0.3) is 5.91 Å². The van der Waals surface area contributed by atoms with Crippen LogP contribution in [0.4, 0.5) is 13.6 Å². The Hall–Kier alpha value is -3.52. The van der Waals surface area contributed by atoms with E-state index in [-0.39, 0.29) is 30.2 Å². The summed E-state index contributed by atoms with van der Waals surface area (Å²) in [5.41, 5.74) is 1.82. The fourth-order valence-electron chi connectivity index (χ4n) is 3.14. The quantitative estimate of drug-likeness (QED) is 0.365. The van der Waals surface area contributed by atoms with Crippen molar-refractivity contribution in [1.82, 2.24) is 10.2 Å². The monoisotopic (exact) mass is 498 g/mol. The first kappa shape index (κ1) is 21.7. The van der Waals surface area contributed by atoms with Crippen LogP contribution in [0, 0.1) is 11.6 Å². The SMILES string of the molecule is O=C1N/C(=C/c2ccc(OCc3ccc(F)cc3)c(Br)c2)C(=O)N1Cc1ccccc1F. The molecule has 5 nitrogen and oxygen atoms in total. The van der Waals surface area contributed by atoms with Crippen molar-refractivity contribution in [3.63, 3.8) is 0 Å². The molecule has 0 saturated carbocycles. The first-order valence-electron chi connectivity index (χ1n) is 9.65. The van der Waals surface area contributed by atoms with E-state index >= 15 is 0 Å². The number of carbonyl (C=O) groups excluding carboxylic acids is 2. The highest BCUT2D eigenvalue weighted by Crippen LogP contribution is 2.28. The molecule has 3 aromatic carbocycles. The Bertz CT molecular complexity index is 1210. The highest BCUT2D eigenvalue weighted by molar-refractivity contribution is 9.10. The van der Waals surface area contributed by atoms with Crippen molar-refractivity contribution in [2.75, 3.05) is 0 Å². The van der Waals surface area contributed by atoms with Crippen LogP contribution < -0.4 is 10.1 Å². The number of hydrogen-bond donors (Lipinski definition) is 1. The van der Waals surface area contributed by atoms with Crippen LogP contribution in [-0.4, -0.2) is 16.8 Å². The topological polar surface area (TPSA) is 58.6 Å². The van der Waals surface area contributed by atoms with Gasteiger partial charge in [0, 0.05) is 5.56 Å². The molecule has 0 spiro atoms. The van der Waals surface area contributed by atoms with Gasteiger partial charge in [0.05, 0.1) is 11.0 Å². The molecule has 3 amide bonds. The minimum absolute atomic E-state index is 0.0956. The zero-order chi connectivity index (χ0) is 22.7. The smallest absolute Gasteiger partial charge is 0.329 e. The second-order valence-corrected chi connectivity index (χ2v) is 7.93. The number of carbonyl (C=O) groups is 2. The van der Waals surface area contributed by atoms with Gasteiger partial charge in [-0.05, 0) is 63.5 Å². The lowest BCUT2D eigenvalue weighted by Crippen LogP contribution is -2.30. The molecule has 0 bridgehead atoms. The van der Waals surface area contributed by atoms with E-state index in [1.807, 2.05) is 0 Å². The van der Waals surface area contributed by atoms with E-state index in [0.29, 0.717) is 15.8 Å². The predicted molar refractivity (Wildman–Crippen MR) is 118 cm³/mol. The van der Waals surface area contributed by atoms with Gasteiger partial charge in [0.1, 0.15) is 29.7 Å². The molecule has 0 aliphatic carbocycles. The van der Waals surface area contributed by atoms with E-state index in [1.165, 1.54) is 30.3 Å². The van der Waals surface area contributed by atoms with Gasteiger partial charge in [-0.3, -0.25) is 9.69 Å². The number of urea groups is 1. The molecule has 0 unspecified atom stereocenters. The number of halogens is 3. The lowest BCUT2D eigenvalue weighted by molar-refractivity contribution is -0.123. The summed E-state index contributed by atoms with van der Waals surface area (Å²) in [7, 11) is 0. The normalized spacial score (nSPS) is 14.7. The summed E-state index contributed by atoms with van der Waals surface area (Å²) in [4.78, 5) is 25.9. The van der Waals surface area contributed by atoms with E-state index < -0.39 is 17.8 Å². The average Bonchev–Trinajstić information content (AvgIpc) is 3.03. The molecule has 1 aliphatic heterocycles. The summed E-state index contributed by atoms with van der Waals surface area (Å²) in [5.74, 6) is -0.760. The lowest BCUT2D eigenvalue weighted by Gasteiger charge is -2.12. The molecule has 4 rings (SSSR count). The molecule has 0 atom stereocenters. The molecule has 0 radical (unpaired) electrons. The van der Waals surface area contributed by atoms with Gasteiger partial charge in [-0.15, -0.1) is 0 Å². The molecule has 1 fully saturated rings. The van der Waals surface area contributed by atoms with Gasteiger partial charge in [-0.25, -0.2) is 13.6 Å². The Balaban J connectivity index is 1.45. The number of imide groups is 1. The molecule has 0 aromatic heterocycles. The highest BCUT2D eigenvalue weighted by Gasteiger charge is 2.34. The van der Waals surface area contributed by atoms with Crippen molar-refractivity contribution in [3.8, 4) is 5.75 Å². The first-order valence-corrected chi connectivity index (χ1v) is 10.4. The van der Waals surface area contributed by atoms with Crippen molar-refractivity contribution < 1.29 is 23.1 Å². The van der Waals surface area contributed by atoms with E-state index in [2.05, 4.69) is 21.2 Å². The van der Waals surface area contributed by atoms with Gasteiger partial charge in [0.2, 0.25) is 0 Å². The number of nitrogens with one attached hydrogen (secondary N) is 1. The molecule has 1 N–H and O–H groups in total. The molecule has 3 aromatic rings. The number of rotatable bonds is 6. The van der Waals surface area contributed by atoms with Crippen molar-refractivity contribution in [2.45, 2.75) is 13.2 Å². The minimum Gasteiger partial charge on any atom is -0.488 e. The van der Waals surface area contributed by atoms with Gasteiger partial charge in [-0.2, -0.15) is 0 Å². The Labute approximate surface area is 191 Å². The molecule has 1 saturated heterocycles. The van der Waals surface area contributed by atoms with Crippen LogP contribution in [0.2, 0.25) is 0 Å². The number of amides is 3. The van der Waals surface area contributed by atoms with Gasteiger partial charge >= 0.3 is 6.03 Å². The maximum atomic E-state index is 13.9. The zero-order valence-electron chi connectivity index (χ0n) is 16.6.